The number of ether oxygens (including phenoxy) is 1. The molecule has 0 radical (unpaired) electrons. The molecular formula is C14H28N2O2. The van der Waals surface area contributed by atoms with Gasteiger partial charge >= 0.3 is 0 Å². The van der Waals surface area contributed by atoms with E-state index in [2.05, 4.69) is 12.2 Å². The Morgan fingerprint density at radius 2 is 1.94 bits per heavy atom. The van der Waals surface area contributed by atoms with Gasteiger partial charge < -0.3 is 15.0 Å². The van der Waals surface area contributed by atoms with Gasteiger partial charge in [-0.05, 0) is 45.6 Å². The number of carbonyl (C=O) groups excluding carboxylic acids is 1. The summed E-state index contributed by atoms with van der Waals surface area (Å²) in [5, 5.41) is 3.56. The van der Waals surface area contributed by atoms with Gasteiger partial charge in [-0.25, -0.2) is 0 Å². The quantitative estimate of drug-likeness (QED) is 0.788. The molecule has 1 saturated carbocycles. The molecule has 0 bridgehead atoms. The first kappa shape index (κ1) is 15.4. The van der Waals surface area contributed by atoms with Crippen molar-refractivity contribution in [1.29, 1.82) is 0 Å². The van der Waals surface area contributed by atoms with Crippen LogP contribution in [0.3, 0.4) is 0 Å². The van der Waals surface area contributed by atoms with Crippen molar-refractivity contribution in [2.75, 3.05) is 20.6 Å². The van der Waals surface area contributed by atoms with Gasteiger partial charge in [-0.3, -0.25) is 4.79 Å². The third-order valence-corrected chi connectivity index (χ3v) is 3.54. The average Bonchev–Trinajstić information content (AvgIpc) is 2.36. The highest BCUT2D eigenvalue weighted by Gasteiger charge is 2.25. The van der Waals surface area contributed by atoms with Crippen LogP contribution >= 0.6 is 0 Å². The molecule has 18 heavy (non-hydrogen) atoms. The van der Waals surface area contributed by atoms with Crippen LogP contribution in [0.25, 0.3) is 0 Å². The zero-order valence-electron chi connectivity index (χ0n) is 12.2. The average molecular weight is 256 g/mol. The summed E-state index contributed by atoms with van der Waals surface area (Å²) in [4.78, 5) is 13.3. The van der Waals surface area contributed by atoms with Crippen LogP contribution in [0, 0.1) is 0 Å². The molecule has 0 saturated heterocycles. The minimum atomic E-state index is -0.315. The first-order valence-electron chi connectivity index (χ1n) is 7.14. The fourth-order valence-corrected chi connectivity index (χ4v) is 2.46. The fourth-order valence-electron chi connectivity index (χ4n) is 2.46. The van der Waals surface area contributed by atoms with E-state index in [4.69, 9.17) is 4.74 Å². The summed E-state index contributed by atoms with van der Waals surface area (Å²) < 4.78 is 5.85. The Morgan fingerprint density at radius 3 is 2.44 bits per heavy atom. The topological polar surface area (TPSA) is 41.6 Å². The molecule has 1 unspecified atom stereocenters. The first-order chi connectivity index (χ1) is 8.54. The second kappa shape index (κ2) is 7.74. The van der Waals surface area contributed by atoms with Crippen LogP contribution in [0.5, 0.6) is 0 Å². The van der Waals surface area contributed by atoms with Crippen molar-refractivity contribution in [1.82, 2.24) is 10.2 Å². The van der Waals surface area contributed by atoms with Crippen molar-refractivity contribution in [3.63, 3.8) is 0 Å². The highest BCUT2D eigenvalue weighted by Crippen LogP contribution is 2.22. The lowest BCUT2D eigenvalue weighted by Gasteiger charge is -2.31. The van der Waals surface area contributed by atoms with Crippen molar-refractivity contribution in [2.24, 2.45) is 0 Å². The van der Waals surface area contributed by atoms with Crippen molar-refractivity contribution in [3.05, 3.63) is 0 Å². The number of nitrogens with one attached hydrogen (secondary N) is 1. The minimum Gasteiger partial charge on any atom is -0.365 e. The Labute approximate surface area is 111 Å². The predicted octanol–water partition coefficient (Wildman–Crippen LogP) is 1.79. The van der Waals surface area contributed by atoms with Gasteiger partial charge in [0.2, 0.25) is 0 Å². The number of hydrogen-bond acceptors (Lipinski definition) is 3. The van der Waals surface area contributed by atoms with Gasteiger partial charge in [-0.1, -0.05) is 6.92 Å². The van der Waals surface area contributed by atoms with Crippen LogP contribution in [-0.2, 0) is 9.53 Å². The number of hydrogen-bond donors (Lipinski definition) is 1. The van der Waals surface area contributed by atoms with Gasteiger partial charge in [-0.15, -0.1) is 0 Å². The molecule has 0 aromatic heterocycles. The lowest BCUT2D eigenvalue weighted by molar-refractivity contribution is -0.144. The zero-order valence-corrected chi connectivity index (χ0v) is 12.2. The molecule has 106 valence electrons. The van der Waals surface area contributed by atoms with Crippen LogP contribution in [-0.4, -0.2) is 49.7 Å². The molecule has 0 aromatic rings. The molecule has 1 amide bonds. The molecule has 1 N–H and O–H groups in total. The van der Waals surface area contributed by atoms with Gasteiger partial charge in [0, 0.05) is 20.1 Å². The number of carbonyl (C=O) groups is 1. The smallest absolute Gasteiger partial charge is 0.250 e. The third-order valence-electron chi connectivity index (χ3n) is 3.54. The van der Waals surface area contributed by atoms with Gasteiger partial charge in [-0.2, -0.15) is 0 Å². The molecule has 1 fully saturated rings. The summed E-state index contributed by atoms with van der Waals surface area (Å²) in [6.07, 6.45) is 5.57. The predicted molar refractivity (Wildman–Crippen MR) is 73.6 cm³/mol. The highest BCUT2D eigenvalue weighted by molar-refractivity contribution is 5.79. The van der Waals surface area contributed by atoms with E-state index in [1.807, 2.05) is 6.92 Å². The van der Waals surface area contributed by atoms with Gasteiger partial charge in [0.05, 0.1) is 6.10 Å². The normalized spacial score (nSPS) is 25.8. The second-order valence-corrected chi connectivity index (χ2v) is 5.44. The van der Waals surface area contributed by atoms with E-state index in [9.17, 15) is 4.79 Å². The van der Waals surface area contributed by atoms with Crippen molar-refractivity contribution < 1.29 is 9.53 Å². The van der Waals surface area contributed by atoms with Crippen LogP contribution < -0.4 is 5.32 Å². The maximum Gasteiger partial charge on any atom is 0.250 e. The van der Waals surface area contributed by atoms with Crippen LogP contribution in [0.4, 0.5) is 0 Å². The molecule has 4 nitrogen and oxygen atoms in total. The summed E-state index contributed by atoms with van der Waals surface area (Å²) in [7, 11) is 3.54. The molecule has 1 aliphatic rings. The molecule has 1 rings (SSSR count). The summed E-state index contributed by atoms with van der Waals surface area (Å²) in [6, 6.07) is 0.643. The number of rotatable bonds is 6. The monoisotopic (exact) mass is 256 g/mol. The molecule has 0 heterocycles. The van der Waals surface area contributed by atoms with Crippen molar-refractivity contribution >= 4 is 5.91 Å². The summed E-state index contributed by atoms with van der Waals surface area (Å²) >= 11 is 0. The maximum absolute atomic E-state index is 11.7. The third kappa shape index (κ3) is 4.94. The lowest BCUT2D eigenvalue weighted by Crippen LogP contribution is -2.40. The van der Waals surface area contributed by atoms with Gasteiger partial charge in [0.15, 0.2) is 0 Å². The van der Waals surface area contributed by atoms with E-state index in [1.54, 1.807) is 19.0 Å². The summed E-state index contributed by atoms with van der Waals surface area (Å²) in [6.45, 7) is 5.14. The van der Waals surface area contributed by atoms with E-state index in [1.165, 1.54) is 6.42 Å². The lowest BCUT2D eigenvalue weighted by atomic mass is 9.93. The highest BCUT2D eigenvalue weighted by atomic mass is 16.5. The zero-order chi connectivity index (χ0) is 13.5. The van der Waals surface area contributed by atoms with Crippen LogP contribution in [0.15, 0.2) is 0 Å². The number of likely N-dealkylation sites (N-methyl/N-ethyl adjacent to an activating group) is 1. The van der Waals surface area contributed by atoms with Gasteiger partial charge in [0.25, 0.3) is 5.91 Å². The molecule has 0 aliphatic heterocycles. The Balaban J connectivity index is 2.24. The Kier molecular flexibility index (Phi) is 6.65. The summed E-state index contributed by atoms with van der Waals surface area (Å²) in [5.74, 6) is 0.0567. The fraction of sp³-hybridized carbons (Fsp3) is 0.929. The molecule has 0 spiro atoms. The van der Waals surface area contributed by atoms with E-state index in [0.717, 1.165) is 32.2 Å². The Hall–Kier alpha value is -0.610. The number of amides is 1. The Bertz CT molecular complexity index is 248. The largest absolute Gasteiger partial charge is 0.365 e. The molecular weight excluding hydrogens is 228 g/mol. The second-order valence-electron chi connectivity index (χ2n) is 5.44. The van der Waals surface area contributed by atoms with Crippen molar-refractivity contribution in [2.45, 2.75) is 64.2 Å². The molecule has 1 atom stereocenters. The van der Waals surface area contributed by atoms with Gasteiger partial charge in [0.1, 0.15) is 6.10 Å². The Morgan fingerprint density at radius 1 is 1.33 bits per heavy atom. The molecule has 0 aromatic carbocycles. The minimum absolute atomic E-state index is 0.0567. The molecule has 1 aliphatic carbocycles. The van der Waals surface area contributed by atoms with Crippen LogP contribution in [0.1, 0.15) is 46.0 Å². The van der Waals surface area contributed by atoms with Crippen LogP contribution in [0.2, 0.25) is 0 Å². The van der Waals surface area contributed by atoms with E-state index in [0.29, 0.717) is 6.04 Å². The van der Waals surface area contributed by atoms with Crippen molar-refractivity contribution in [3.8, 4) is 0 Å². The van der Waals surface area contributed by atoms with E-state index < -0.39 is 0 Å². The standard InChI is InChI=1S/C14H28N2O2/c1-5-10-15-12-6-8-13(9-7-12)18-11(2)14(17)16(3)4/h11-13,15H,5-10H2,1-4H3. The number of nitrogens with zero attached hydrogens (tertiary/aromatic N) is 1. The maximum atomic E-state index is 11.7. The summed E-state index contributed by atoms with van der Waals surface area (Å²) in [5.41, 5.74) is 0. The van der Waals surface area contributed by atoms with E-state index >= 15 is 0 Å². The van der Waals surface area contributed by atoms with E-state index in [-0.39, 0.29) is 18.1 Å². The first-order valence-corrected chi connectivity index (χ1v) is 7.14. The molecule has 4 heteroatoms. The SMILES string of the molecule is CCCNC1CCC(OC(C)C(=O)N(C)C)CC1.